The van der Waals surface area contributed by atoms with Crippen molar-refractivity contribution in [2.24, 2.45) is 0 Å². The minimum absolute atomic E-state index is 0.0394. The molecule has 2 heterocycles. The van der Waals surface area contributed by atoms with Gasteiger partial charge >= 0.3 is 5.97 Å². The molecule has 3 amide bonds. The van der Waals surface area contributed by atoms with Gasteiger partial charge in [0.15, 0.2) is 11.9 Å². The van der Waals surface area contributed by atoms with Crippen LogP contribution >= 0.6 is 0 Å². The van der Waals surface area contributed by atoms with E-state index in [1.54, 1.807) is 24.3 Å². The molecule has 2 aliphatic rings. The van der Waals surface area contributed by atoms with E-state index in [1.807, 2.05) is 0 Å². The maximum Gasteiger partial charge on any atom is 0.306 e. The number of carbonyl (C=O) groups is 5. The molecular formula is C18H18N2O6. The molecule has 1 fully saturated rings. The summed E-state index contributed by atoms with van der Waals surface area (Å²) in [6.07, 6.45) is -0.666. The highest BCUT2D eigenvalue weighted by Gasteiger charge is 2.51. The summed E-state index contributed by atoms with van der Waals surface area (Å²) in [6, 6.07) is 4.92. The molecule has 8 nitrogen and oxygen atoms in total. The molecule has 1 unspecified atom stereocenters. The number of ether oxygens (including phenoxy) is 1. The van der Waals surface area contributed by atoms with Gasteiger partial charge in [0.1, 0.15) is 6.04 Å². The largest absolute Gasteiger partial charge is 0.455 e. The van der Waals surface area contributed by atoms with E-state index >= 15 is 0 Å². The van der Waals surface area contributed by atoms with Crippen molar-refractivity contribution in [3.8, 4) is 0 Å². The van der Waals surface area contributed by atoms with Crippen LogP contribution in [0.3, 0.4) is 0 Å². The molecule has 0 saturated carbocycles. The van der Waals surface area contributed by atoms with Crippen LogP contribution in [0.15, 0.2) is 24.3 Å². The molecule has 0 spiro atoms. The van der Waals surface area contributed by atoms with E-state index in [0.29, 0.717) is 0 Å². The van der Waals surface area contributed by atoms with Crippen molar-refractivity contribution in [1.29, 1.82) is 0 Å². The van der Waals surface area contributed by atoms with Gasteiger partial charge in [0.05, 0.1) is 17.2 Å². The normalized spacial score (nSPS) is 22.4. The van der Waals surface area contributed by atoms with Crippen molar-refractivity contribution in [2.75, 3.05) is 0 Å². The number of nitrogens with zero attached hydrogens (tertiary/aromatic N) is 1. The first-order valence-electron chi connectivity index (χ1n) is 8.28. The third-order valence-electron chi connectivity index (χ3n) is 4.62. The Morgan fingerprint density at radius 2 is 1.73 bits per heavy atom. The zero-order valence-electron chi connectivity index (χ0n) is 14.4. The topological polar surface area (TPSA) is 110 Å². The average Bonchev–Trinajstić information content (AvgIpc) is 2.84. The highest BCUT2D eigenvalue weighted by atomic mass is 16.5. The van der Waals surface area contributed by atoms with Crippen LogP contribution in [0.1, 0.15) is 47.4 Å². The number of hydrogen-bond acceptors (Lipinski definition) is 6. The second-order valence-corrected chi connectivity index (χ2v) is 6.37. The quantitative estimate of drug-likeness (QED) is 0.449. The monoisotopic (exact) mass is 358 g/mol. The molecule has 26 heavy (non-hydrogen) atoms. The molecule has 3 rings (SSSR count). The highest BCUT2D eigenvalue weighted by molar-refractivity contribution is 6.23. The SMILES string of the molecule is CC(=O)C(C)OC(=O)CC[C@H]1NC(=O)[C@@H]1N1C(=O)c2ccccc2C1=O. The van der Waals surface area contributed by atoms with Gasteiger partial charge in [-0.2, -0.15) is 0 Å². The average molecular weight is 358 g/mol. The second-order valence-electron chi connectivity index (χ2n) is 6.37. The predicted octanol–water partition coefficient (Wildman–Crippen LogP) is 0.451. The van der Waals surface area contributed by atoms with Gasteiger partial charge in [0.25, 0.3) is 11.8 Å². The van der Waals surface area contributed by atoms with Gasteiger partial charge < -0.3 is 10.1 Å². The third-order valence-corrected chi connectivity index (χ3v) is 4.62. The Morgan fingerprint density at radius 1 is 1.15 bits per heavy atom. The van der Waals surface area contributed by atoms with Crippen molar-refractivity contribution in [2.45, 2.75) is 44.9 Å². The van der Waals surface area contributed by atoms with E-state index in [9.17, 15) is 24.0 Å². The number of benzene rings is 1. The molecule has 0 radical (unpaired) electrons. The van der Waals surface area contributed by atoms with Crippen LogP contribution in [0.5, 0.6) is 0 Å². The molecule has 3 atom stereocenters. The molecule has 0 aliphatic carbocycles. The van der Waals surface area contributed by atoms with Crippen LogP contribution in [0.2, 0.25) is 0 Å². The summed E-state index contributed by atoms with van der Waals surface area (Å²) in [4.78, 5) is 60.8. The molecule has 8 heteroatoms. The van der Waals surface area contributed by atoms with E-state index in [1.165, 1.54) is 13.8 Å². The lowest BCUT2D eigenvalue weighted by molar-refractivity contribution is -0.154. The van der Waals surface area contributed by atoms with Crippen molar-refractivity contribution in [3.63, 3.8) is 0 Å². The van der Waals surface area contributed by atoms with Gasteiger partial charge in [-0.3, -0.25) is 28.9 Å². The Bertz CT molecular complexity index is 783. The lowest BCUT2D eigenvalue weighted by Crippen LogP contribution is -2.70. The first kappa shape index (κ1) is 17.8. The van der Waals surface area contributed by atoms with E-state index < -0.39 is 41.9 Å². The van der Waals surface area contributed by atoms with Gasteiger partial charge in [-0.1, -0.05) is 12.1 Å². The minimum atomic E-state index is -0.944. The molecule has 1 N–H and O–H groups in total. The Hall–Kier alpha value is -3.03. The fourth-order valence-electron chi connectivity index (χ4n) is 3.03. The first-order valence-corrected chi connectivity index (χ1v) is 8.28. The number of nitrogens with one attached hydrogen (secondary N) is 1. The molecule has 1 aromatic carbocycles. The lowest BCUT2D eigenvalue weighted by atomic mass is 9.92. The zero-order valence-corrected chi connectivity index (χ0v) is 14.4. The van der Waals surface area contributed by atoms with E-state index in [0.717, 1.165) is 4.90 Å². The van der Waals surface area contributed by atoms with Gasteiger partial charge in [0.2, 0.25) is 5.91 Å². The second kappa shape index (κ2) is 6.70. The number of esters is 1. The number of amides is 3. The van der Waals surface area contributed by atoms with Crippen LogP contribution in [0.4, 0.5) is 0 Å². The Balaban J connectivity index is 1.65. The molecule has 1 aromatic rings. The fraction of sp³-hybridized carbons (Fsp3) is 0.389. The van der Waals surface area contributed by atoms with Crippen molar-refractivity contribution >= 4 is 29.5 Å². The van der Waals surface area contributed by atoms with Crippen LogP contribution < -0.4 is 5.32 Å². The number of β-lactam (4-membered cyclic amide) rings is 1. The van der Waals surface area contributed by atoms with Crippen molar-refractivity contribution in [3.05, 3.63) is 35.4 Å². The van der Waals surface area contributed by atoms with Crippen molar-refractivity contribution < 1.29 is 28.7 Å². The summed E-state index contributed by atoms with van der Waals surface area (Å²) in [6.45, 7) is 2.80. The number of imide groups is 1. The number of carbonyl (C=O) groups excluding carboxylic acids is 5. The highest BCUT2D eigenvalue weighted by Crippen LogP contribution is 2.29. The van der Waals surface area contributed by atoms with Gasteiger partial charge in [-0.25, -0.2) is 0 Å². The molecule has 136 valence electrons. The number of Topliss-reactive ketones (excluding diaryl/α,β-unsaturated/α-hetero) is 1. The van der Waals surface area contributed by atoms with Gasteiger partial charge in [0, 0.05) is 6.42 Å². The summed E-state index contributed by atoms with van der Waals surface area (Å²) in [5.41, 5.74) is 0.538. The summed E-state index contributed by atoms with van der Waals surface area (Å²) in [5, 5.41) is 2.61. The van der Waals surface area contributed by atoms with E-state index in [2.05, 4.69) is 5.32 Å². The van der Waals surface area contributed by atoms with Gasteiger partial charge in [-0.05, 0) is 32.4 Å². The summed E-state index contributed by atoms with van der Waals surface area (Å²) < 4.78 is 4.96. The van der Waals surface area contributed by atoms with Gasteiger partial charge in [-0.15, -0.1) is 0 Å². The molecule has 0 bridgehead atoms. The predicted molar refractivity (Wildman–Crippen MR) is 88.1 cm³/mol. The molecule has 1 saturated heterocycles. The maximum absolute atomic E-state index is 12.5. The van der Waals surface area contributed by atoms with Crippen LogP contribution in [-0.2, 0) is 19.1 Å². The summed E-state index contributed by atoms with van der Waals surface area (Å²) in [5.74, 6) is -2.30. The zero-order chi connectivity index (χ0) is 19.0. The number of ketones is 1. The number of rotatable bonds is 6. The molecule has 2 aliphatic heterocycles. The first-order chi connectivity index (χ1) is 12.3. The standard InChI is InChI=1S/C18H18N2O6/c1-9(21)10(2)26-14(22)8-7-13-15(16(23)19-13)20-17(24)11-5-3-4-6-12(11)18(20)25/h3-6,10,13,15H,7-8H2,1-2H3,(H,19,23)/t10?,13-,15-/m1/s1. The summed E-state index contributed by atoms with van der Waals surface area (Å²) >= 11 is 0. The van der Waals surface area contributed by atoms with E-state index in [-0.39, 0.29) is 29.8 Å². The Kier molecular flexibility index (Phi) is 4.58. The van der Waals surface area contributed by atoms with Crippen LogP contribution in [0, 0.1) is 0 Å². The number of hydrogen-bond donors (Lipinski definition) is 1. The molecular weight excluding hydrogens is 340 g/mol. The van der Waals surface area contributed by atoms with E-state index in [4.69, 9.17) is 4.74 Å². The van der Waals surface area contributed by atoms with Crippen LogP contribution in [0.25, 0.3) is 0 Å². The maximum atomic E-state index is 12.5. The fourth-order valence-corrected chi connectivity index (χ4v) is 3.03. The Morgan fingerprint density at radius 3 is 2.23 bits per heavy atom. The number of fused-ring (bicyclic) bond motifs is 1. The smallest absolute Gasteiger partial charge is 0.306 e. The Labute approximate surface area is 149 Å². The summed E-state index contributed by atoms with van der Waals surface area (Å²) in [7, 11) is 0. The lowest BCUT2D eigenvalue weighted by Gasteiger charge is -2.40. The van der Waals surface area contributed by atoms with Crippen molar-refractivity contribution in [1.82, 2.24) is 10.2 Å². The minimum Gasteiger partial charge on any atom is -0.455 e. The third kappa shape index (κ3) is 2.98. The molecule has 0 aromatic heterocycles. The van der Waals surface area contributed by atoms with Crippen LogP contribution in [-0.4, -0.2) is 52.6 Å².